The minimum Gasteiger partial charge on any atom is -0.451 e. The molecule has 1 amide bonds. The summed E-state index contributed by atoms with van der Waals surface area (Å²) in [6, 6.07) is 15.7. The number of aromatic nitrogens is 2. The fourth-order valence-electron chi connectivity index (χ4n) is 3.74. The van der Waals surface area contributed by atoms with Gasteiger partial charge in [-0.25, -0.2) is 9.78 Å². The maximum atomic E-state index is 12.7. The van der Waals surface area contributed by atoms with Gasteiger partial charge in [0.15, 0.2) is 17.5 Å². The number of piperazine rings is 1. The van der Waals surface area contributed by atoms with Crippen molar-refractivity contribution in [2.75, 3.05) is 43.9 Å². The Morgan fingerprint density at radius 2 is 1.71 bits per heavy atom. The molecule has 11 heteroatoms. The van der Waals surface area contributed by atoms with Crippen molar-refractivity contribution in [3.8, 4) is 5.69 Å². The molecule has 176 valence electrons. The molecule has 34 heavy (non-hydrogen) atoms. The first kappa shape index (κ1) is 23.3. The van der Waals surface area contributed by atoms with Crippen LogP contribution in [0.3, 0.4) is 0 Å². The van der Waals surface area contributed by atoms with E-state index in [0.717, 1.165) is 11.4 Å². The summed E-state index contributed by atoms with van der Waals surface area (Å²) in [6.07, 6.45) is 3.32. The van der Waals surface area contributed by atoms with Crippen LogP contribution in [0.15, 0.2) is 66.0 Å². The minimum atomic E-state index is -0.616. The quantitative estimate of drug-likeness (QED) is 0.219. The lowest BCUT2D eigenvalue weighted by atomic mass is 10.2. The second kappa shape index (κ2) is 10.4. The predicted molar refractivity (Wildman–Crippen MR) is 128 cm³/mol. The maximum Gasteiger partial charge on any atom is 0.357 e. The highest BCUT2D eigenvalue weighted by Gasteiger charge is 2.24. The zero-order valence-electron chi connectivity index (χ0n) is 18.5. The first-order chi connectivity index (χ1) is 16.5. The number of para-hydroxylation sites is 1. The van der Waals surface area contributed by atoms with Gasteiger partial charge in [0.25, 0.3) is 11.6 Å². The zero-order chi connectivity index (χ0) is 24.1. The Labute approximate surface area is 200 Å². The lowest BCUT2D eigenvalue weighted by Crippen LogP contribution is -2.49. The molecule has 2 heterocycles. The molecule has 0 unspecified atom stereocenters. The standard InChI is InChI=1S/C23H23N5O5S/c1-34-23-24-15-20(27(23)18-5-3-2-4-6-18)22(30)33-16-21(29)26-13-11-25(12-14-26)17-7-9-19(10-8-17)28(31)32/h2-10,15H,11-14,16H2,1H3. The van der Waals surface area contributed by atoms with Crippen LogP contribution in [0.25, 0.3) is 5.69 Å². The molecule has 1 aromatic heterocycles. The normalized spacial score (nSPS) is 13.6. The van der Waals surface area contributed by atoms with Gasteiger partial charge in [0.1, 0.15) is 0 Å². The van der Waals surface area contributed by atoms with E-state index in [1.165, 1.54) is 30.1 Å². The molecule has 4 rings (SSSR count). The number of benzene rings is 2. The lowest BCUT2D eigenvalue weighted by molar-refractivity contribution is -0.384. The van der Waals surface area contributed by atoms with E-state index in [1.807, 2.05) is 36.6 Å². The van der Waals surface area contributed by atoms with E-state index in [-0.39, 0.29) is 23.9 Å². The summed E-state index contributed by atoms with van der Waals surface area (Å²) in [5.41, 5.74) is 1.94. The van der Waals surface area contributed by atoms with Crippen LogP contribution in [0, 0.1) is 10.1 Å². The predicted octanol–water partition coefficient (Wildman–Crippen LogP) is 3.01. The summed E-state index contributed by atoms with van der Waals surface area (Å²) in [6.45, 7) is 1.73. The van der Waals surface area contributed by atoms with E-state index in [0.29, 0.717) is 31.3 Å². The first-order valence-electron chi connectivity index (χ1n) is 10.6. The number of nitrogens with zero attached hydrogens (tertiary/aromatic N) is 5. The third-order valence-electron chi connectivity index (χ3n) is 5.52. The van der Waals surface area contributed by atoms with E-state index < -0.39 is 10.9 Å². The van der Waals surface area contributed by atoms with E-state index in [2.05, 4.69) is 9.88 Å². The Morgan fingerprint density at radius 1 is 1.03 bits per heavy atom. The second-order valence-corrected chi connectivity index (χ2v) is 8.29. The van der Waals surface area contributed by atoms with Gasteiger partial charge in [0.2, 0.25) is 0 Å². The second-order valence-electron chi connectivity index (χ2n) is 7.52. The molecule has 1 aliphatic rings. The third kappa shape index (κ3) is 5.04. The fourth-order valence-corrected chi connectivity index (χ4v) is 4.29. The van der Waals surface area contributed by atoms with Crippen LogP contribution in [0.1, 0.15) is 10.5 Å². The summed E-state index contributed by atoms with van der Waals surface area (Å²) >= 11 is 1.41. The van der Waals surface area contributed by atoms with Gasteiger partial charge in [-0.1, -0.05) is 30.0 Å². The number of nitro groups is 1. The number of hydrogen-bond donors (Lipinski definition) is 0. The molecule has 3 aromatic rings. The number of non-ortho nitro benzene ring substituents is 1. The van der Waals surface area contributed by atoms with Crippen LogP contribution in [-0.2, 0) is 9.53 Å². The number of nitro benzene ring substituents is 1. The van der Waals surface area contributed by atoms with Crippen molar-refractivity contribution in [1.29, 1.82) is 0 Å². The van der Waals surface area contributed by atoms with E-state index in [9.17, 15) is 19.7 Å². The molecule has 0 atom stereocenters. The van der Waals surface area contributed by atoms with Crippen molar-refractivity contribution in [2.24, 2.45) is 0 Å². The molecule has 0 N–H and O–H groups in total. The van der Waals surface area contributed by atoms with Crippen LogP contribution < -0.4 is 4.90 Å². The number of thioether (sulfide) groups is 1. The number of amides is 1. The van der Waals surface area contributed by atoms with Crippen molar-refractivity contribution < 1.29 is 19.2 Å². The Hall–Kier alpha value is -3.86. The number of rotatable bonds is 7. The van der Waals surface area contributed by atoms with E-state index in [4.69, 9.17) is 4.74 Å². The van der Waals surface area contributed by atoms with Gasteiger partial charge in [-0.2, -0.15) is 0 Å². The van der Waals surface area contributed by atoms with Gasteiger partial charge < -0.3 is 14.5 Å². The Kier molecular flexibility index (Phi) is 7.12. The largest absolute Gasteiger partial charge is 0.451 e. The van der Waals surface area contributed by atoms with Gasteiger partial charge >= 0.3 is 5.97 Å². The molecular weight excluding hydrogens is 458 g/mol. The minimum absolute atomic E-state index is 0.0395. The van der Waals surface area contributed by atoms with Crippen LogP contribution in [0.4, 0.5) is 11.4 Å². The molecule has 1 saturated heterocycles. The summed E-state index contributed by atoms with van der Waals surface area (Å²) < 4.78 is 7.04. The van der Waals surface area contributed by atoms with Crippen molar-refractivity contribution >= 4 is 35.0 Å². The highest BCUT2D eigenvalue weighted by atomic mass is 32.2. The highest BCUT2D eigenvalue weighted by molar-refractivity contribution is 7.98. The summed E-state index contributed by atoms with van der Waals surface area (Å²) in [5, 5.41) is 11.5. The summed E-state index contributed by atoms with van der Waals surface area (Å²) in [5.74, 6) is -0.887. The van der Waals surface area contributed by atoms with Gasteiger partial charge in [-0.3, -0.25) is 19.5 Å². The van der Waals surface area contributed by atoms with Crippen molar-refractivity contribution in [2.45, 2.75) is 5.16 Å². The van der Waals surface area contributed by atoms with E-state index >= 15 is 0 Å². The molecule has 0 saturated carbocycles. The first-order valence-corrected chi connectivity index (χ1v) is 11.8. The van der Waals surface area contributed by atoms with Crippen molar-refractivity contribution in [1.82, 2.24) is 14.5 Å². The van der Waals surface area contributed by atoms with Crippen LogP contribution >= 0.6 is 11.8 Å². The Bertz CT molecular complexity index is 1170. The SMILES string of the molecule is CSc1ncc(C(=O)OCC(=O)N2CCN(c3ccc([N+](=O)[O-])cc3)CC2)n1-c1ccccc1. The smallest absolute Gasteiger partial charge is 0.357 e. The Morgan fingerprint density at radius 3 is 2.32 bits per heavy atom. The lowest BCUT2D eigenvalue weighted by Gasteiger charge is -2.36. The van der Waals surface area contributed by atoms with Crippen LogP contribution in [-0.4, -0.2) is 70.3 Å². The zero-order valence-corrected chi connectivity index (χ0v) is 19.3. The molecule has 1 fully saturated rings. The maximum absolute atomic E-state index is 12.7. The number of hydrogen-bond acceptors (Lipinski definition) is 8. The molecule has 0 bridgehead atoms. The van der Waals surface area contributed by atoms with Gasteiger partial charge in [0, 0.05) is 49.7 Å². The molecule has 0 aliphatic carbocycles. The van der Waals surface area contributed by atoms with Crippen LogP contribution in [0.2, 0.25) is 0 Å². The fraction of sp³-hybridized carbons (Fsp3) is 0.261. The summed E-state index contributed by atoms with van der Waals surface area (Å²) in [7, 11) is 0. The molecule has 0 radical (unpaired) electrons. The number of anilines is 1. The van der Waals surface area contributed by atoms with Crippen LogP contribution in [0.5, 0.6) is 0 Å². The molecule has 10 nitrogen and oxygen atoms in total. The average Bonchev–Trinajstić information content (AvgIpc) is 3.32. The summed E-state index contributed by atoms with van der Waals surface area (Å²) in [4.78, 5) is 43.8. The number of ether oxygens (including phenoxy) is 1. The molecule has 0 spiro atoms. The average molecular weight is 482 g/mol. The monoisotopic (exact) mass is 481 g/mol. The molecular formula is C23H23N5O5S. The van der Waals surface area contributed by atoms with Gasteiger partial charge in [0.05, 0.1) is 11.1 Å². The number of carbonyl (C=O) groups excluding carboxylic acids is 2. The number of esters is 1. The van der Waals surface area contributed by atoms with Gasteiger partial charge in [-0.05, 0) is 30.5 Å². The number of carbonyl (C=O) groups is 2. The van der Waals surface area contributed by atoms with Crippen molar-refractivity contribution in [3.63, 3.8) is 0 Å². The van der Waals surface area contributed by atoms with Gasteiger partial charge in [-0.15, -0.1) is 0 Å². The third-order valence-corrected chi connectivity index (χ3v) is 6.17. The topological polar surface area (TPSA) is 111 Å². The Balaban J connectivity index is 1.33. The van der Waals surface area contributed by atoms with E-state index in [1.54, 1.807) is 21.6 Å². The number of imidazole rings is 1. The molecule has 2 aromatic carbocycles. The highest BCUT2D eigenvalue weighted by Crippen LogP contribution is 2.23. The van der Waals surface area contributed by atoms with Crippen molar-refractivity contribution in [3.05, 3.63) is 76.6 Å². The molecule has 1 aliphatic heterocycles.